The molecule has 2 rings (SSSR count). The first-order valence-corrected chi connectivity index (χ1v) is 7.59. The van der Waals surface area contributed by atoms with Gasteiger partial charge in [-0.1, -0.05) is 36.9 Å². The average molecular weight is 288 g/mol. The molecule has 2 N–H and O–H groups in total. The number of nitrogens with two attached hydrogens (primary N) is 1. The molecule has 2 unspecified atom stereocenters. The molecule has 0 aliphatic rings. The highest BCUT2D eigenvalue weighted by atomic mass is 32.2. The molecule has 4 heteroatoms. The van der Waals surface area contributed by atoms with Crippen LogP contribution in [0.2, 0.25) is 0 Å². The van der Waals surface area contributed by atoms with Crippen LogP contribution >= 0.6 is 11.8 Å². The van der Waals surface area contributed by atoms with Crippen LogP contribution in [0.25, 0.3) is 0 Å². The lowest BCUT2D eigenvalue weighted by Crippen LogP contribution is -2.25. The van der Waals surface area contributed by atoms with Crippen molar-refractivity contribution in [1.82, 2.24) is 4.98 Å². The Morgan fingerprint density at radius 2 is 2.10 bits per heavy atom. The summed E-state index contributed by atoms with van der Waals surface area (Å²) in [5.41, 5.74) is 7.47. The molecule has 20 heavy (non-hydrogen) atoms. The number of benzene rings is 1. The highest BCUT2D eigenvalue weighted by molar-refractivity contribution is 7.99. The van der Waals surface area contributed by atoms with E-state index in [4.69, 9.17) is 10.5 Å². The van der Waals surface area contributed by atoms with Crippen molar-refractivity contribution in [2.24, 2.45) is 5.73 Å². The Morgan fingerprint density at radius 3 is 2.75 bits per heavy atom. The van der Waals surface area contributed by atoms with Crippen LogP contribution in [0.3, 0.4) is 0 Å². The van der Waals surface area contributed by atoms with E-state index in [-0.39, 0.29) is 11.3 Å². The highest BCUT2D eigenvalue weighted by Crippen LogP contribution is 2.38. The lowest BCUT2D eigenvalue weighted by atomic mass is 10.0. The van der Waals surface area contributed by atoms with E-state index in [9.17, 15) is 0 Å². The zero-order valence-electron chi connectivity index (χ0n) is 11.8. The number of hydrogen-bond donors (Lipinski definition) is 1. The fraction of sp³-hybridized carbons (Fsp3) is 0.312. The zero-order chi connectivity index (χ0) is 14.4. The Kier molecular flexibility index (Phi) is 5.44. The molecular weight excluding hydrogens is 268 g/mol. The van der Waals surface area contributed by atoms with Crippen LogP contribution in [-0.2, 0) is 0 Å². The van der Waals surface area contributed by atoms with E-state index in [0.29, 0.717) is 0 Å². The molecule has 0 amide bonds. The van der Waals surface area contributed by atoms with Gasteiger partial charge < -0.3 is 10.5 Å². The van der Waals surface area contributed by atoms with Crippen LogP contribution in [0.1, 0.15) is 24.2 Å². The lowest BCUT2D eigenvalue weighted by Gasteiger charge is -2.23. The summed E-state index contributed by atoms with van der Waals surface area (Å²) >= 11 is 1.70. The fourth-order valence-corrected chi connectivity index (χ4v) is 3.17. The second-order valence-corrected chi connectivity index (χ2v) is 5.72. The van der Waals surface area contributed by atoms with Gasteiger partial charge in [0.1, 0.15) is 5.75 Å². The molecule has 1 heterocycles. The Labute approximate surface area is 124 Å². The molecule has 106 valence electrons. The van der Waals surface area contributed by atoms with Gasteiger partial charge in [-0.05, 0) is 36.2 Å². The van der Waals surface area contributed by atoms with Gasteiger partial charge in [0.2, 0.25) is 0 Å². The van der Waals surface area contributed by atoms with Crippen molar-refractivity contribution in [3.63, 3.8) is 0 Å². The normalized spacial score (nSPS) is 13.8. The maximum atomic E-state index is 6.30. The van der Waals surface area contributed by atoms with Gasteiger partial charge in [-0.15, -0.1) is 0 Å². The number of rotatable bonds is 6. The van der Waals surface area contributed by atoms with E-state index in [1.807, 2.05) is 36.5 Å². The van der Waals surface area contributed by atoms with Crippen molar-refractivity contribution >= 4 is 11.8 Å². The van der Waals surface area contributed by atoms with Crippen molar-refractivity contribution in [2.45, 2.75) is 29.7 Å². The van der Waals surface area contributed by atoms with Gasteiger partial charge >= 0.3 is 0 Å². The molecule has 2 aromatic rings. The van der Waals surface area contributed by atoms with Gasteiger partial charge in [-0.25, -0.2) is 4.98 Å². The van der Waals surface area contributed by atoms with E-state index >= 15 is 0 Å². The Balaban J connectivity index is 2.27. The first-order valence-electron chi connectivity index (χ1n) is 6.71. The first kappa shape index (κ1) is 14.9. The minimum atomic E-state index is 0.0779. The number of thioether (sulfide) groups is 1. The number of methoxy groups -OCH3 is 1. The van der Waals surface area contributed by atoms with Gasteiger partial charge in [0, 0.05) is 12.2 Å². The lowest BCUT2D eigenvalue weighted by molar-refractivity contribution is 0.414. The molecule has 0 spiro atoms. The Bertz CT molecular complexity index is 533. The number of nitrogens with zero attached hydrogens (tertiary/aromatic N) is 1. The Hall–Kier alpha value is -1.52. The van der Waals surface area contributed by atoms with Crippen LogP contribution < -0.4 is 10.5 Å². The maximum Gasteiger partial charge on any atom is 0.119 e. The second-order valence-electron chi connectivity index (χ2n) is 4.56. The minimum absolute atomic E-state index is 0.0779. The van der Waals surface area contributed by atoms with Crippen molar-refractivity contribution in [3.05, 3.63) is 54.2 Å². The SMILES string of the molecule is CCC(N)C(Sc1ccccn1)c1cccc(OC)c1. The molecule has 0 aliphatic carbocycles. The molecule has 0 bridgehead atoms. The van der Waals surface area contributed by atoms with Crippen molar-refractivity contribution in [3.8, 4) is 5.75 Å². The van der Waals surface area contributed by atoms with Gasteiger partial charge in [0.15, 0.2) is 0 Å². The molecule has 0 saturated carbocycles. The molecule has 0 radical (unpaired) electrons. The fourth-order valence-electron chi connectivity index (χ4n) is 1.98. The third-order valence-corrected chi connectivity index (χ3v) is 4.53. The van der Waals surface area contributed by atoms with E-state index in [1.54, 1.807) is 18.9 Å². The van der Waals surface area contributed by atoms with E-state index in [2.05, 4.69) is 24.0 Å². The van der Waals surface area contributed by atoms with Crippen LogP contribution in [0.4, 0.5) is 0 Å². The summed E-state index contributed by atoms with van der Waals surface area (Å²) in [5, 5.41) is 1.16. The Morgan fingerprint density at radius 1 is 1.25 bits per heavy atom. The smallest absolute Gasteiger partial charge is 0.119 e. The molecule has 0 saturated heterocycles. The van der Waals surface area contributed by atoms with Crippen LogP contribution in [0, 0.1) is 0 Å². The summed E-state index contributed by atoms with van der Waals surface area (Å²) in [7, 11) is 1.68. The molecule has 1 aromatic carbocycles. The maximum absolute atomic E-state index is 6.30. The molecule has 2 atom stereocenters. The molecule has 0 fully saturated rings. The van der Waals surface area contributed by atoms with Crippen LogP contribution in [0.15, 0.2) is 53.7 Å². The third kappa shape index (κ3) is 3.74. The molecule has 1 aromatic heterocycles. The van der Waals surface area contributed by atoms with Crippen molar-refractivity contribution < 1.29 is 4.74 Å². The minimum Gasteiger partial charge on any atom is -0.497 e. The molecule has 3 nitrogen and oxygen atoms in total. The van der Waals surface area contributed by atoms with E-state index in [1.165, 1.54) is 5.56 Å². The molecule has 0 aliphatic heterocycles. The quantitative estimate of drug-likeness (QED) is 0.824. The third-order valence-electron chi connectivity index (χ3n) is 3.17. The number of hydrogen-bond acceptors (Lipinski definition) is 4. The predicted molar refractivity (Wildman–Crippen MR) is 84.1 cm³/mol. The highest BCUT2D eigenvalue weighted by Gasteiger charge is 2.20. The van der Waals surface area contributed by atoms with Crippen LogP contribution in [-0.4, -0.2) is 18.1 Å². The number of ether oxygens (including phenoxy) is 1. The monoisotopic (exact) mass is 288 g/mol. The number of aromatic nitrogens is 1. The number of pyridine rings is 1. The standard InChI is InChI=1S/C16H20N2OS/c1-3-14(17)16(20-15-9-4-5-10-18-15)12-7-6-8-13(11-12)19-2/h4-11,14,16H,3,17H2,1-2H3. The zero-order valence-corrected chi connectivity index (χ0v) is 12.6. The van der Waals surface area contributed by atoms with Gasteiger partial charge in [-0.2, -0.15) is 0 Å². The molecular formula is C16H20N2OS. The largest absolute Gasteiger partial charge is 0.497 e. The summed E-state index contributed by atoms with van der Waals surface area (Å²) in [6.45, 7) is 2.11. The van der Waals surface area contributed by atoms with E-state index < -0.39 is 0 Å². The van der Waals surface area contributed by atoms with Crippen molar-refractivity contribution in [2.75, 3.05) is 7.11 Å². The van der Waals surface area contributed by atoms with Gasteiger partial charge in [-0.3, -0.25) is 0 Å². The summed E-state index contributed by atoms with van der Waals surface area (Å²) in [6, 6.07) is 14.1. The summed E-state index contributed by atoms with van der Waals surface area (Å²) < 4.78 is 5.30. The topological polar surface area (TPSA) is 48.1 Å². The van der Waals surface area contributed by atoms with Crippen molar-refractivity contribution in [1.29, 1.82) is 0 Å². The summed E-state index contributed by atoms with van der Waals surface area (Å²) in [4.78, 5) is 4.38. The van der Waals surface area contributed by atoms with Gasteiger partial charge in [0.25, 0.3) is 0 Å². The summed E-state index contributed by atoms with van der Waals surface area (Å²) in [5.74, 6) is 0.859. The second kappa shape index (κ2) is 7.31. The first-order chi connectivity index (χ1) is 9.74. The van der Waals surface area contributed by atoms with Gasteiger partial charge in [0.05, 0.1) is 17.4 Å². The average Bonchev–Trinajstić information content (AvgIpc) is 2.53. The summed E-state index contributed by atoms with van der Waals surface area (Å²) in [6.07, 6.45) is 2.73. The van der Waals surface area contributed by atoms with Crippen LogP contribution in [0.5, 0.6) is 5.75 Å². The van der Waals surface area contributed by atoms with E-state index in [0.717, 1.165) is 17.2 Å². The predicted octanol–water partition coefficient (Wildman–Crippen LogP) is 3.66.